The molecule has 0 bridgehead atoms. The fraction of sp³-hybridized carbons (Fsp3) is 0.875. The van der Waals surface area contributed by atoms with E-state index >= 15 is 0 Å². The molecule has 0 saturated heterocycles. The summed E-state index contributed by atoms with van der Waals surface area (Å²) < 4.78 is 59.4. The molecule has 10 heteroatoms. The quantitative estimate of drug-likeness (QED) is 0.391. The van der Waals surface area contributed by atoms with E-state index in [0.717, 1.165) is 38.5 Å². The molecular formula is C16H30O8S2. The molecule has 0 radical (unpaired) electrons. The van der Waals surface area contributed by atoms with Gasteiger partial charge in [0, 0.05) is 0 Å². The smallest absolute Gasteiger partial charge is 0.267 e. The van der Waals surface area contributed by atoms with E-state index in [4.69, 9.17) is 19.3 Å². The van der Waals surface area contributed by atoms with Crippen LogP contribution in [0.15, 0.2) is 0 Å². The van der Waals surface area contributed by atoms with E-state index in [9.17, 15) is 16.8 Å². The Kier molecular flexibility index (Phi) is 13.1. The standard InChI is InChI=1S/2C6H12O3S.C4H6O2/c2*7-10(8,9)6-4-2-1-3-5-6;5-3-1-2-4-6/h2*6H,1-5H2,(H,7,8,9);5-6H,3-4H2. The summed E-state index contributed by atoms with van der Waals surface area (Å²) >= 11 is 0. The second-order valence-electron chi connectivity index (χ2n) is 6.22. The van der Waals surface area contributed by atoms with E-state index in [1.165, 1.54) is 0 Å². The Balaban J connectivity index is 0.000000375. The number of aliphatic hydroxyl groups is 2. The molecule has 0 atom stereocenters. The first-order chi connectivity index (χ1) is 12.1. The molecule has 0 aromatic carbocycles. The van der Waals surface area contributed by atoms with Crippen molar-refractivity contribution in [2.45, 2.75) is 74.7 Å². The van der Waals surface area contributed by atoms with E-state index in [-0.39, 0.29) is 13.2 Å². The largest absolute Gasteiger partial charge is 0.384 e. The summed E-state index contributed by atoms with van der Waals surface area (Å²) in [4.78, 5) is 0. The van der Waals surface area contributed by atoms with E-state index in [0.29, 0.717) is 25.7 Å². The highest BCUT2D eigenvalue weighted by Crippen LogP contribution is 2.23. The Morgan fingerprint density at radius 2 is 0.885 bits per heavy atom. The highest BCUT2D eigenvalue weighted by molar-refractivity contribution is 7.86. The van der Waals surface area contributed by atoms with Gasteiger partial charge in [-0.05, 0) is 25.7 Å². The third-order valence-corrected chi connectivity index (χ3v) is 6.86. The number of rotatable bonds is 2. The molecule has 4 N–H and O–H groups in total. The predicted molar refractivity (Wildman–Crippen MR) is 98.8 cm³/mol. The Hall–Kier alpha value is -0.700. The summed E-state index contributed by atoms with van der Waals surface area (Å²) in [6.45, 7) is -0.332. The zero-order valence-electron chi connectivity index (χ0n) is 14.9. The average Bonchev–Trinajstić information content (AvgIpc) is 2.61. The van der Waals surface area contributed by atoms with Gasteiger partial charge in [0.2, 0.25) is 0 Å². The Labute approximate surface area is 156 Å². The molecule has 8 nitrogen and oxygen atoms in total. The Morgan fingerprint density at radius 3 is 1.04 bits per heavy atom. The summed E-state index contributed by atoms with van der Waals surface area (Å²) in [6, 6.07) is 0. The predicted octanol–water partition coefficient (Wildman–Crippen LogP) is 1.39. The average molecular weight is 415 g/mol. The van der Waals surface area contributed by atoms with Crippen LogP contribution in [0.2, 0.25) is 0 Å². The van der Waals surface area contributed by atoms with Crippen molar-refractivity contribution in [3.63, 3.8) is 0 Å². The van der Waals surface area contributed by atoms with Crippen molar-refractivity contribution < 1.29 is 36.2 Å². The molecule has 26 heavy (non-hydrogen) atoms. The molecule has 154 valence electrons. The highest BCUT2D eigenvalue weighted by atomic mass is 32.2. The van der Waals surface area contributed by atoms with Crippen molar-refractivity contribution in [1.82, 2.24) is 0 Å². The van der Waals surface area contributed by atoms with Gasteiger partial charge in [-0.25, -0.2) is 0 Å². The van der Waals surface area contributed by atoms with Gasteiger partial charge in [0.1, 0.15) is 13.2 Å². The molecule has 0 spiro atoms. The summed E-state index contributed by atoms with van der Waals surface area (Å²) in [5.41, 5.74) is 0. The van der Waals surface area contributed by atoms with Crippen LogP contribution in [-0.4, -0.2) is 59.9 Å². The first kappa shape index (κ1) is 25.3. The van der Waals surface area contributed by atoms with E-state index in [1.807, 2.05) is 0 Å². The van der Waals surface area contributed by atoms with Crippen LogP contribution >= 0.6 is 0 Å². The van der Waals surface area contributed by atoms with Crippen LogP contribution in [0.1, 0.15) is 64.2 Å². The van der Waals surface area contributed by atoms with Crippen molar-refractivity contribution >= 4 is 20.2 Å². The van der Waals surface area contributed by atoms with Gasteiger partial charge in [-0.1, -0.05) is 50.4 Å². The van der Waals surface area contributed by atoms with Crippen LogP contribution in [0, 0.1) is 11.8 Å². The van der Waals surface area contributed by atoms with Crippen LogP contribution in [0.25, 0.3) is 0 Å². The van der Waals surface area contributed by atoms with Gasteiger partial charge in [0.05, 0.1) is 10.5 Å². The molecule has 0 aromatic heterocycles. The fourth-order valence-electron chi connectivity index (χ4n) is 2.84. The van der Waals surface area contributed by atoms with Gasteiger partial charge in [0.25, 0.3) is 20.2 Å². The molecular weight excluding hydrogens is 384 g/mol. The fourth-order valence-corrected chi connectivity index (χ4v) is 4.70. The minimum atomic E-state index is -3.73. The van der Waals surface area contributed by atoms with Gasteiger partial charge >= 0.3 is 0 Å². The lowest BCUT2D eigenvalue weighted by molar-refractivity contribution is 0.342. The van der Waals surface area contributed by atoms with Gasteiger partial charge < -0.3 is 10.2 Å². The lowest BCUT2D eigenvalue weighted by Crippen LogP contribution is -2.22. The van der Waals surface area contributed by atoms with E-state index in [2.05, 4.69) is 11.8 Å². The minimum Gasteiger partial charge on any atom is -0.384 e. The van der Waals surface area contributed by atoms with Crippen LogP contribution in [0.4, 0.5) is 0 Å². The SMILES string of the molecule is O=S(=O)(O)C1CCCCC1.O=S(=O)(O)C1CCCCC1.OCC#CCO. The second-order valence-corrected chi connectivity index (χ2v) is 9.61. The molecule has 0 amide bonds. The van der Waals surface area contributed by atoms with Gasteiger partial charge in [0.15, 0.2) is 0 Å². The van der Waals surface area contributed by atoms with Crippen molar-refractivity contribution in [2.24, 2.45) is 0 Å². The third-order valence-electron chi connectivity index (χ3n) is 4.23. The number of hydrogen-bond acceptors (Lipinski definition) is 6. The summed E-state index contributed by atoms with van der Waals surface area (Å²) in [5.74, 6) is 4.51. The van der Waals surface area contributed by atoms with E-state index < -0.39 is 30.7 Å². The van der Waals surface area contributed by atoms with E-state index in [1.54, 1.807) is 0 Å². The molecule has 2 saturated carbocycles. The van der Waals surface area contributed by atoms with Crippen LogP contribution in [-0.2, 0) is 20.2 Å². The highest BCUT2D eigenvalue weighted by Gasteiger charge is 2.25. The van der Waals surface area contributed by atoms with Gasteiger partial charge in [-0.15, -0.1) is 0 Å². The molecule has 2 rings (SSSR count). The monoisotopic (exact) mass is 414 g/mol. The zero-order valence-corrected chi connectivity index (χ0v) is 16.5. The normalized spacial score (nSPS) is 19.1. The summed E-state index contributed by atoms with van der Waals surface area (Å²) in [6.07, 6.45) is 8.50. The first-order valence-corrected chi connectivity index (χ1v) is 11.7. The Bertz CT molecular complexity index is 565. The van der Waals surface area contributed by atoms with Gasteiger partial charge in [-0.2, -0.15) is 16.8 Å². The Morgan fingerprint density at radius 1 is 0.615 bits per heavy atom. The van der Waals surface area contributed by atoms with Crippen molar-refractivity contribution in [2.75, 3.05) is 13.2 Å². The van der Waals surface area contributed by atoms with Crippen LogP contribution in [0.3, 0.4) is 0 Å². The molecule has 2 aliphatic carbocycles. The topological polar surface area (TPSA) is 149 Å². The number of aliphatic hydroxyl groups excluding tert-OH is 2. The molecule has 2 fully saturated rings. The van der Waals surface area contributed by atoms with Crippen molar-refractivity contribution in [1.29, 1.82) is 0 Å². The third kappa shape index (κ3) is 12.6. The minimum absolute atomic E-state index is 0.166. The van der Waals surface area contributed by atoms with Crippen molar-refractivity contribution in [3.8, 4) is 11.8 Å². The first-order valence-electron chi connectivity index (χ1n) is 8.73. The summed E-state index contributed by atoms with van der Waals surface area (Å²) in [7, 11) is -7.45. The van der Waals surface area contributed by atoms with Gasteiger partial charge in [-0.3, -0.25) is 9.11 Å². The maximum Gasteiger partial charge on any atom is 0.267 e. The number of hydrogen-bond donors (Lipinski definition) is 4. The maximum absolute atomic E-state index is 10.5. The molecule has 0 unspecified atom stereocenters. The molecule has 0 aliphatic heterocycles. The van der Waals surface area contributed by atoms with Crippen LogP contribution < -0.4 is 0 Å². The van der Waals surface area contributed by atoms with Crippen LogP contribution in [0.5, 0.6) is 0 Å². The molecule has 0 heterocycles. The second kappa shape index (κ2) is 13.5. The zero-order chi connectivity index (χ0) is 20.1. The maximum atomic E-state index is 10.5. The molecule has 0 aromatic rings. The van der Waals surface area contributed by atoms with Crippen molar-refractivity contribution in [3.05, 3.63) is 0 Å². The lowest BCUT2D eigenvalue weighted by Gasteiger charge is -2.17. The lowest BCUT2D eigenvalue weighted by atomic mass is 10.0. The molecule has 2 aliphatic rings. The summed E-state index contributed by atoms with van der Waals surface area (Å²) in [5, 5.41) is 14.9.